The van der Waals surface area contributed by atoms with Crippen LogP contribution in [-0.4, -0.2) is 32.5 Å². The number of halogens is 4. The van der Waals surface area contributed by atoms with Gasteiger partial charge in [0.05, 0.1) is 12.6 Å². The van der Waals surface area contributed by atoms with E-state index in [9.17, 15) is 18.1 Å². The number of ether oxygens (including phenoxy) is 2. The molecule has 4 rings (SSSR count). The Hall–Kier alpha value is -2.43. The van der Waals surface area contributed by atoms with Gasteiger partial charge >= 0.3 is 6.18 Å². The molecule has 0 amide bonds. The zero-order valence-corrected chi connectivity index (χ0v) is 16.1. The van der Waals surface area contributed by atoms with Crippen LogP contribution >= 0.6 is 11.6 Å². The first kappa shape index (κ1) is 19.9. The topological polar surface area (TPSA) is 91.5 Å². The van der Waals surface area contributed by atoms with Gasteiger partial charge in [0, 0.05) is 12.1 Å². The predicted octanol–water partition coefficient (Wildman–Crippen LogP) is 4.62. The summed E-state index contributed by atoms with van der Waals surface area (Å²) in [6.45, 7) is 1.88. The number of rotatable bonds is 7. The fourth-order valence-electron chi connectivity index (χ4n) is 3.19. The lowest BCUT2D eigenvalue weighted by atomic mass is 9.82. The van der Waals surface area contributed by atoms with Crippen molar-refractivity contribution in [3.63, 3.8) is 0 Å². The molecule has 2 aliphatic carbocycles. The van der Waals surface area contributed by atoms with Crippen LogP contribution in [0.25, 0.3) is 0 Å². The third kappa shape index (κ3) is 4.00. The van der Waals surface area contributed by atoms with E-state index in [1.807, 2.05) is 0 Å². The highest BCUT2D eigenvalue weighted by Gasteiger charge is 2.40. The lowest BCUT2D eigenvalue weighted by Gasteiger charge is -2.36. The number of nitrogens with zero attached hydrogens (tertiary/aromatic N) is 5. The summed E-state index contributed by atoms with van der Waals surface area (Å²) in [5.41, 5.74) is -0.535. The minimum atomic E-state index is -4.66. The summed E-state index contributed by atoms with van der Waals surface area (Å²) in [5.74, 6) is -0.324. The van der Waals surface area contributed by atoms with E-state index in [1.165, 1.54) is 0 Å². The van der Waals surface area contributed by atoms with Gasteiger partial charge in [-0.2, -0.15) is 23.3 Å². The molecule has 0 bridgehead atoms. The Labute approximate surface area is 168 Å². The summed E-state index contributed by atoms with van der Waals surface area (Å²) >= 11 is 5.63. The molecule has 2 saturated carbocycles. The van der Waals surface area contributed by atoms with Crippen LogP contribution in [0.3, 0.4) is 0 Å². The molecular weight excluding hydrogens is 415 g/mol. The third-order valence-electron chi connectivity index (χ3n) is 5.07. The van der Waals surface area contributed by atoms with Crippen molar-refractivity contribution in [2.75, 3.05) is 6.61 Å². The van der Waals surface area contributed by atoms with E-state index in [0.29, 0.717) is 30.5 Å². The molecular formula is C17H17ClF3N5O3. The number of aromatic nitrogens is 4. The van der Waals surface area contributed by atoms with Crippen molar-refractivity contribution < 1.29 is 22.6 Å². The second-order valence-corrected chi connectivity index (χ2v) is 7.50. The van der Waals surface area contributed by atoms with Crippen molar-refractivity contribution in [2.24, 2.45) is 11.1 Å². The van der Waals surface area contributed by atoms with Crippen LogP contribution in [0.2, 0.25) is 5.28 Å². The zero-order valence-electron chi connectivity index (χ0n) is 15.3. The lowest BCUT2D eigenvalue weighted by molar-refractivity contribution is -0.140. The summed E-state index contributed by atoms with van der Waals surface area (Å²) in [7, 11) is 0. The average Bonchev–Trinajstić information content (AvgIpc) is 3.42. The first-order chi connectivity index (χ1) is 13.8. The normalized spacial score (nSPS) is 21.6. The van der Waals surface area contributed by atoms with Gasteiger partial charge < -0.3 is 9.47 Å². The molecule has 0 saturated heterocycles. The highest BCUT2D eigenvalue weighted by atomic mass is 35.5. The van der Waals surface area contributed by atoms with E-state index in [1.54, 1.807) is 11.6 Å². The summed E-state index contributed by atoms with van der Waals surface area (Å²) < 4.78 is 52.3. The molecule has 2 atom stereocenters. The van der Waals surface area contributed by atoms with Crippen LogP contribution in [0, 0.1) is 17.7 Å². The minimum absolute atomic E-state index is 0.142. The number of aryl methyl sites for hydroxylation is 1. The average molecular weight is 432 g/mol. The van der Waals surface area contributed by atoms with Gasteiger partial charge in [-0.25, -0.2) is 9.67 Å². The molecule has 12 heteroatoms. The van der Waals surface area contributed by atoms with Crippen molar-refractivity contribution in [1.82, 2.24) is 19.7 Å². The lowest BCUT2D eigenvalue weighted by Crippen LogP contribution is -2.40. The van der Waals surface area contributed by atoms with Crippen LogP contribution < -0.4 is 9.47 Å². The van der Waals surface area contributed by atoms with E-state index < -0.39 is 23.7 Å². The highest BCUT2D eigenvalue weighted by Crippen LogP contribution is 2.43. The van der Waals surface area contributed by atoms with Gasteiger partial charge in [0.1, 0.15) is 17.4 Å². The molecule has 2 aliphatic rings. The van der Waals surface area contributed by atoms with Gasteiger partial charge in [-0.3, -0.25) is 0 Å². The molecule has 0 spiro atoms. The van der Waals surface area contributed by atoms with Crippen LogP contribution in [0.15, 0.2) is 11.4 Å². The Morgan fingerprint density at radius 1 is 1.31 bits per heavy atom. The van der Waals surface area contributed by atoms with Crippen LogP contribution in [0.5, 0.6) is 11.6 Å². The quantitative estimate of drug-likeness (QED) is 0.469. The molecule has 2 aromatic heterocycles. The molecule has 0 aliphatic heterocycles. The SMILES string of the molecule is Cc1nn(C2CC2)c(N=O)c1OCC1CCC1Oc1nc(Cl)ncc1C(F)(F)F. The first-order valence-electron chi connectivity index (χ1n) is 9.09. The Morgan fingerprint density at radius 3 is 2.66 bits per heavy atom. The maximum Gasteiger partial charge on any atom is 0.423 e. The van der Waals surface area contributed by atoms with Gasteiger partial charge in [0.2, 0.25) is 17.0 Å². The van der Waals surface area contributed by atoms with Gasteiger partial charge in [-0.1, -0.05) is 0 Å². The first-order valence-corrected chi connectivity index (χ1v) is 9.47. The van der Waals surface area contributed by atoms with Crippen LogP contribution in [0.1, 0.15) is 43.0 Å². The fourth-order valence-corrected chi connectivity index (χ4v) is 3.32. The van der Waals surface area contributed by atoms with Crippen LogP contribution in [-0.2, 0) is 6.18 Å². The van der Waals surface area contributed by atoms with Crippen molar-refractivity contribution in [2.45, 2.75) is 50.9 Å². The predicted molar refractivity (Wildman–Crippen MR) is 95.4 cm³/mol. The number of hydrogen-bond donors (Lipinski definition) is 0. The molecule has 0 N–H and O–H groups in total. The van der Waals surface area contributed by atoms with Crippen molar-refractivity contribution >= 4 is 17.4 Å². The molecule has 2 unspecified atom stereocenters. The summed E-state index contributed by atoms with van der Waals surface area (Å²) in [5, 5.41) is 7.03. The van der Waals surface area contributed by atoms with Gasteiger partial charge in [0.25, 0.3) is 0 Å². The number of alkyl halides is 3. The van der Waals surface area contributed by atoms with Crippen molar-refractivity contribution in [3.05, 3.63) is 27.6 Å². The molecule has 156 valence electrons. The van der Waals surface area contributed by atoms with E-state index in [0.717, 1.165) is 12.8 Å². The summed E-state index contributed by atoms with van der Waals surface area (Å²) in [6, 6.07) is 0.168. The monoisotopic (exact) mass is 431 g/mol. The Balaban J connectivity index is 1.44. The maximum absolute atomic E-state index is 13.1. The summed E-state index contributed by atoms with van der Waals surface area (Å²) in [6.07, 6.45) is -1.46. The minimum Gasteiger partial charge on any atom is -0.487 e. The Bertz CT molecular complexity index is 932. The standard InChI is InChI=1S/C17H17ClF3N5O3/c1-8-13(14(25-27)26(24-8)10-3-4-10)28-7-9-2-5-12(9)29-15-11(17(19,20)21)6-22-16(18)23-15/h6,9-10,12H,2-5,7H2,1H3. The summed E-state index contributed by atoms with van der Waals surface area (Å²) in [4.78, 5) is 18.2. The van der Waals surface area contributed by atoms with Gasteiger partial charge in [0.15, 0.2) is 5.75 Å². The molecule has 2 heterocycles. The Kier molecular flexibility index (Phi) is 5.09. The van der Waals surface area contributed by atoms with E-state index in [-0.39, 0.29) is 29.7 Å². The van der Waals surface area contributed by atoms with E-state index in [4.69, 9.17) is 21.1 Å². The molecule has 2 aromatic rings. The molecule has 2 fully saturated rings. The van der Waals surface area contributed by atoms with Crippen molar-refractivity contribution in [3.8, 4) is 11.6 Å². The fraction of sp³-hybridized carbons (Fsp3) is 0.588. The largest absolute Gasteiger partial charge is 0.487 e. The van der Waals surface area contributed by atoms with Gasteiger partial charge in [-0.05, 0) is 49.4 Å². The third-order valence-corrected chi connectivity index (χ3v) is 5.25. The van der Waals surface area contributed by atoms with Gasteiger partial charge in [-0.15, -0.1) is 4.91 Å². The van der Waals surface area contributed by atoms with Crippen LogP contribution in [0.4, 0.5) is 19.0 Å². The molecule has 8 nitrogen and oxygen atoms in total. The zero-order chi connectivity index (χ0) is 20.8. The molecule has 0 aromatic carbocycles. The second-order valence-electron chi connectivity index (χ2n) is 7.17. The maximum atomic E-state index is 13.1. The number of nitroso groups, excluding NO2 is 1. The second kappa shape index (κ2) is 7.43. The number of hydrogen-bond acceptors (Lipinski definition) is 7. The smallest absolute Gasteiger partial charge is 0.423 e. The highest BCUT2D eigenvalue weighted by molar-refractivity contribution is 6.28. The van der Waals surface area contributed by atoms with E-state index in [2.05, 4.69) is 20.2 Å². The molecule has 29 heavy (non-hydrogen) atoms. The Morgan fingerprint density at radius 2 is 2.07 bits per heavy atom. The molecule has 0 radical (unpaired) electrons. The van der Waals surface area contributed by atoms with E-state index >= 15 is 0 Å². The van der Waals surface area contributed by atoms with Crippen molar-refractivity contribution in [1.29, 1.82) is 0 Å².